The van der Waals surface area contributed by atoms with E-state index in [-0.39, 0.29) is 6.04 Å². The van der Waals surface area contributed by atoms with Gasteiger partial charge < -0.3 is 5.32 Å². The first-order chi connectivity index (χ1) is 8.56. The lowest BCUT2D eigenvalue weighted by molar-refractivity contribution is 0.487. The molecule has 2 nitrogen and oxygen atoms in total. The summed E-state index contributed by atoms with van der Waals surface area (Å²) < 4.78 is 0. The van der Waals surface area contributed by atoms with Gasteiger partial charge in [-0.05, 0) is 33.3 Å². The van der Waals surface area contributed by atoms with E-state index in [2.05, 4.69) is 60.7 Å². The molecule has 96 valence electrons. The van der Waals surface area contributed by atoms with Crippen molar-refractivity contribution in [2.24, 2.45) is 0 Å². The molecule has 0 saturated heterocycles. The van der Waals surface area contributed by atoms with E-state index >= 15 is 0 Å². The van der Waals surface area contributed by atoms with Crippen LogP contribution >= 0.6 is 11.3 Å². The van der Waals surface area contributed by atoms with Gasteiger partial charge in [0.25, 0.3) is 0 Å². The second kappa shape index (κ2) is 5.63. The fourth-order valence-electron chi connectivity index (χ4n) is 1.99. The number of benzene rings is 1. The highest BCUT2D eigenvalue weighted by molar-refractivity contribution is 7.09. The van der Waals surface area contributed by atoms with Gasteiger partial charge in [-0.2, -0.15) is 0 Å². The highest BCUT2D eigenvalue weighted by Crippen LogP contribution is 2.20. The molecule has 3 heteroatoms. The number of nitrogens with one attached hydrogen (secondary N) is 1. The summed E-state index contributed by atoms with van der Waals surface area (Å²) >= 11 is 1.71. The summed E-state index contributed by atoms with van der Waals surface area (Å²) in [4.78, 5) is 4.53. The Balaban J connectivity index is 2.02. The Kier molecular flexibility index (Phi) is 4.15. The van der Waals surface area contributed by atoms with Crippen LogP contribution < -0.4 is 5.32 Å². The minimum atomic E-state index is 0.284. The highest BCUT2D eigenvalue weighted by atomic mass is 32.1. The predicted molar refractivity (Wildman–Crippen MR) is 78.0 cm³/mol. The zero-order chi connectivity index (χ0) is 13.1. The summed E-state index contributed by atoms with van der Waals surface area (Å²) in [6.07, 6.45) is 0. The molecule has 0 radical (unpaired) electrons. The minimum absolute atomic E-state index is 0.284. The zero-order valence-corrected chi connectivity index (χ0v) is 12.2. The van der Waals surface area contributed by atoms with Crippen molar-refractivity contribution in [1.29, 1.82) is 0 Å². The van der Waals surface area contributed by atoms with E-state index in [9.17, 15) is 0 Å². The van der Waals surface area contributed by atoms with Gasteiger partial charge >= 0.3 is 0 Å². The molecule has 2 unspecified atom stereocenters. The number of aromatic nitrogens is 1. The first-order valence-electron chi connectivity index (χ1n) is 6.31. The van der Waals surface area contributed by atoms with E-state index in [0.29, 0.717) is 6.04 Å². The third-order valence-corrected chi connectivity index (χ3v) is 3.95. The van der Waals surface area contributed by atoms with Crippen LogP contribution in [0.5, 0.6) is 0 Å². The summed E-state index contributed by atoms with van der Waals surface area (Å²) in [5.41, 5.74) is 3.75. The van der Waals surface area contributed by atoms with Gasteiger partial charge in [0.05, 0.1) is 10.7 Å². The van der Waals surface area contributed by atoms with E-state index in [1.165, 1.54) is 11.1 Å². The lowest BCUT2D eigenvalue weighted by Crippen LogP contribution is -2.22. The molecule has 1 N–H and O–H groups in total. The fraction of sp³-hybridized carbons (Fsp3) is 0.400. The summed E-state index contributed by atoms with van der Waals surface area (Å²) in [5.74, 6) is 0. The Morgan fingerprint density at radius 1 is 1.06 bits per heavy atom. The standard InChI is InChI=1S/C15H20N2S/c1-10-5-7-14(8-6-10)11(2)16-12(3)15-9-18-13(4)17-15/h5-9,11-12,16H,1-4H3. The Labute approximate surface area is 113 Å². The Bertz CT molecular complexity index is 501. The molecule has 1 heterocycles. The van der Waals surface area contributed by atoms with Crippen LogP contribution in [0.2, 0.25) is 0 Å². The van der Waals surface area contributed by atoms with Gasteiger partial charge in [-0.15, -0.1) is 11.3 Å². The number of rotatable bonds is 4. The van der Waals surface area contributed by atoms with Gasteiger partial charge in [0.1, 0.15) is 0 Å². The van der Waals surface area contributed by atoms with Gasteiger partial charge in [0.2, 0.25) is 0 Å². The quantitative estimate of drug-likeness (QED) is 0.892. The number of thiazole rings is 1. The normalized spacial score (nSPS) is 14.4. The molecular weight excluding hydrogens is 240 g/mol. The lowest BCUT2D eigenvalue weighted by atomic mass is 10.1. The number of aryl methyl sites for hydroxylation is 2. The molecule has 0 aliphatic rings. The van der Waals surface area contributed by atoms with Crippen molar-refractivity contribution in [3.05, 3.63) is 51.5 Å². The van der Waals surface area contributed by atoms with Crippen LogP contribution in [0.4, 0.5) is 0 Å². The average Bonchev–Trinajstić information content (AvgIpc) is 2.76. The van der Waals surface area contributed by atoms with E-state index in [1.54, 1.807) is 11.3 Å². The molecule has 1 aromatic carbocycles. The molecule has 0 saturated carbocycles. The molecule has 2 rings (SSSR count). The lowest BCUT2D eigenvalue weighted by Gasteiger charge is -2.19. The molecule has 2 atom stereocenters. The Morgan fingerprint density at radius 2 is 1.72 bits per heavy atom. The molecular formula is C15H20N2S. The van der Waals surface area contributed by atoms with Crippen LogP contribution in [0, 0.1) is 13.8 Å². The van der Waals surface area contributed by atoms with Crippen molar-refractivity contribution in [1.82, 2.24) is 10.3 Å². The molecule has 0 fully saturated rings. The molecule has 0 aliphatic carbocycles. The first kappa shape index (κ1) is 13.2. The van der Waals surface area contributed by atoms with Gasteiger partial charge in [0, 0.05) is 17.5 Å². The summed E-state index contributed by atoms with van der Waals surface area (Å²) in [7, 11) is 0. The Morgan fingerprint density at radius 3 is 2.28 bits per heavy atom. The zero-order valence-electron chi connectivity index (χ0n) is 11.4. The SMILES string of the molecule is Cc1ccc(C(C)NC(C)c2csc(C)n2)cc1. The van der Waals surface area contributed by atoms with Crippen LogP contribution in [-0.4, -0.2) is 4.98 Å². The van der Waals surface area contributed by atoms with Gasteiger partial charge in [-0.25, -0.2) is 4.98 Å². The summed E-state index contributed by atoms with van der Waals surface area (Å²) in [6.45, 7) is 8.52. The molecule has 0 amide bonds. The van der Waals surface area contributed by atoms with Crippen LogP contribution in [-0.2, 0) is 0 Å². The average molecular weight is 260 g/mol. The second-order valence-corrected chi connectivity index (χ2v) is 5.87. The first-order valence-corrected chi connectivity index (χ1v) is 7.19. The van der Waals surface area contributed by atoms with Crippen LogP contribution in [0.1, 0.15) is 47.8 Å². The van der Waals surface area contributed by atoms with Gasteiger partial charge in [-0.1, -0.05) is 29.8 Å². The maximum Gasteiger partial charge on any atom is 0.0898 e. The molecule has 18 heavy (non-hydrogen) atoms. The number of hydrogen-bond acceptors (Lipinski definition) is 3. The van der Waals surface area contributed by atoms with Gasteiger partial charge in [-0.3, -0.25) is 0 Å². The van der Waals surface area contributed by atoms with E-state index < -0.39 is 0 Å². The van der Waals surface area contributed by atoms with Crippen molar-refractivity contribution >= 4 is 11.3 Å². The summed E-state index contributed by atoms with van der Waals surface area (Å²) in [5, 5.41) is 6.85. The smallest absolute Gasteiger partial charge is 0.0898 e. The second-order valence-electron chi connectivity index (χ2n) is 4.81. The van der Waals surface area contributed by atoms with Gasteiger partial charge in [0.15, 0.2) is 0 Å². The summed E-state index contributed by atoms with van der Waals surface area (Å²) in [6, 6.07) is 9.31. The monoisotopic (exact) mass is 260 g/mol. The maximum atomic E-state index is 4.53. The van der Waals surface area contributed by atoms with E-state index in [0.717, 1.165) is 10.7 Å². The Hall–Kier alpha value is -1.19. The van der Waals surface area contributed by atoms with E-state index in [4.69, 9.17) is 0 Å². The highest BCUT2D eigenvalue weighted by Gasteiger charge is 2.13. The number of hydrogen-bond donors (Lipinski definition) is 1. The molecule has 2 aromatic rings. The molecule has 0 aliphatic heterocycles. The van der Waals surface area contributed by atoms with Crippen molar-refractivity contribution in [3.63, 3.8) is 0 Å². The minimum Gasteiger partial charge on any atom is -0.302 e. The third-order valence-electron chi connectivity index (χ3n) is 3.16. The maximum absolute atomic E-state index is 4.53. The number of nitrogens with zero attached hydrogens (tertiary/aromatic N) is 1. The molecule has 1 aromatic heterocycles. The van der Waals surface area contributed by atoms with E-state index in [1.807, 2.05) is 6.92 Å². The fourth-order valence-corrected chi connectivity index (χ4v) is 2.70. The van der Waals surface area contributed by atoms with Crippen molar-refractivity contribution in [3.8, 4) is 0 Å². The van der Waals surface area contributed by atoms with Crippen LogP contribution in [0.25, 0.3) is 0 Å². The van der Waals surface area contributed by atoms with Crippen molar-refractivity contribution in [2.75, 3.05) is 0 Å². The predicted octanol–water partition coefficient (Wildman–Crippen LogP) is 4.17. The van der Waals surface area contributed by atoms with Crippen molar-refractivity contribution in [2.45, 2.75) is 39.8 Å². The van der Waals surface area contributed by atoms with Crippen LogP contribution in [0.15, 0.2) is 29.6 Å². The largest absolute Gasteiger partial charge is 0.302 e. The third kappa shape index (κ3) is 3.18. The van der Waals surface area contributed by atoms with Crippen molar-refractivity contribution < 1.29 is 0 Å². The molecule has 0 bridgehead atoms. The topological polar surface area (TPSA) is 24.9 Å². The van der Waals surface area contributed by atoms with Crippen LogP contribution in [0.3, 0.4) is 0 Å². The molecule has 0 spiro atoms.